The first-order valence-electron chi connectivity index (χ1n) is 4.24. The van der Waals surface area contributed by atoms with Crippen LogP contribution in [0.2, 0.25) is 0 Å². The zero-order valence-corrected chi connectivity index (χ0v) is 8.27. The molecule has 1 heterocycles. The molecule has 2 aromatic rings. The van der Waals surface area contributed by atoms with Crippen LogP contribution in [0.3, 0.4) is 0 Å². The first-order chi connectivity index (χ1) is 6.29. The number of ether oxygens (including phenoxy) is 1. The maximum atomic E-state index is 5.38. The van der Waals surface area contributed by atoms with Gasteiger partial charge in [-0.2, -0.15) is 0 Å². The molecular formula is C10H11NOS. The Morgan fingerprint density at radius 2 is 2.23 bits per heavy atom. The van der Waals surface area contributed by atoms with Crippen LogP contribution in [0.15, 0.2) is 29.3 Å². The highest BCUT2D eigenvalue weighted by Gasteiger charge is 1.99. The average molecular weight is 193 g/mol. The number of rotatable bonds is 2. The van der Waals surface area contributed by atoms with Crippen molar-refractivity contribution in [3.8, 4) is 5.75 Å². The Kier molecular flexibility index (Phi) is 2.19. The number of hydrogen-bond donors (Lipinski definition) is 2. The summed E-state index contributed by atoms with van der Waals surface area (Å²) in [5, 5.41) is 2.04. The van der Waals surface area contributed by atoms with Crippen LogP contribution < -0.4 is 4.74 Å². The molecule has 0 unspecified atom stereocenters. The lowest BCUT2D eigenvalue weighted by molar-refractivity contribution is 0.340. The van der Waals surface area contributed by atoms with Gasteiger partial charge in [0, 0.05) is 17.0 Å². The highest BCUT2D eigenvalue weighted by Crippen LogP contribution is 2.22. The van der Waals surface area contributed by atoms with Crippen LogP contribution in [0.1, 0.15) is 6.92 Å². The molecule has 0 fully saturated rings. The van der Waals surface area contributed by atoms with Crippen LogP contribution in [0.4, 0.5) is 0 Å². The first-order valence-corrected chi connectivity index (χ1v) is 4.69. The van der Waals surface area contributed by atoms with Crippen LogP contribution in [0, 0.1) is 0 Å². The second kappa shape index (κ2) is 3.34. The van der Waals surface area contributed by atoms with Gasteiger partial charge < -0.3 is 9.72 Å². The summed E-state index contributed by atoms with van der Waals surface area (Å²) in [6, 6.07) is 7.97. The minimum absolute atomic E-state index is 0.694. The number of hydrogen-bond acceptors (Lipinski definition) is 2. The van der Waals surface area contributed by atoms with Gasteiger partial charge in [0.1, 0.15) is 5.75 Å². The highest BCUT2D eigenvalue weighted by atomic mass is 32.1. The second-order valence-electron chi connectivity index (χ2n) is 2.84. The molecule has 0 radical (unpaired) electrons. The first kappa shape index (κ1) is 8.51. The molecule has 3 heteroatoms. The van der Waals surface area contributed by atoms with Crippen molar-refractivity contribution in [2.24, 2.45) is 0 Å². The molecule has 2 nitrogen and oxygen atoms in total. The van der Waals surface area contributed by atoms with Crippen molar-refractivity contribution in [2.75, 3.05) is 6.61 Å². The number of nitrogens with one attached hydrogen (secondary N) is 1. The van der Waals surface area contributed by atoms with Crippen molar-refractivity contribution in [1.82, 2.24) is 4.98 Å². The maximum absolute atomic E-state index is 5.38. The van der Waals surface area contributed by atoms with Crippen LogP contribution in [0.25, 0.3) is 10.9 Å². The van der Waals surface area contributed by atoms with E-state index in [1.807, 2.05) is 31.2 Å². The molecule has 68 valence electrons. The molecule has 0 saturated heterocycles. The van der Waals surface area contributed by atoms with Gasteiger partial charge in [0.25, 0.3) is 0 Å². The smallest absolute Gasteiger partial charge is 0.121 e. The summed E-state index contributed by atoms with van der Waals surface area (Å²) in [5.74, 6) is 0.894. The van der Waals surface area contributed by atoms with Crippen LogP contribution in [-0.2, 0) is 0 Å². The van der Waals surface area contributed by atoms with Crippen LogP contribution in [0.5, 0.6) is 5.75 Å². The van der Waals surface area contributed by atoms with Gasteiger partial charge in [-0.1, -0.05) is 0 Å². The summed E-state index contributed by atoms with van der Waals surface area (Å²) < 4.78 is 5.38. The second-order valence-corrected chi connectivity index (χ2v) is 3.32. The Bertz CT molecular complexity index is 422. The summed E-state index contributed by atoms with van der Waals surface area (Å²) in [4.78, 5) is 3.14. The molecule has 2 rings (SSSR count). The molecule has 13 heavy (non-hydrogen) atoms. The molecule has 0 atom stereocenters. The third-order valence-corrected chi connectivity index (χ3v) is 2.13. The Morgan fingerprint density at radius 1 is 1.38 bits per heavy atom. The van der Waals surface area contributed by atoms with Crippen LogP contribution >= 0.6 is 12.6 Å². The highest BCUT2D eigenvalue weighted by molar-refractivity contribution is 7.80. The summed E-state index contributed by atoms with van der Waals surface area (Å²) in [7, 11) is 0. The number of aromatic nitrogens is 1. The number of benzene rings is 1. The fraction of sp³-hybridized carbons (Fsp3) is 0.200. The molecule has 1 aromatic carbocycles. The van der Waals surface area contributed by atoms with E-state index in [2.05, 4.69) is 17.6 Å². The number of thiol groups is 1. The lowest BCUT2D eigenvalue weighted by Crippen LogP contribution is -1.90. The quantitative estimate of drug-likeness (QED) is 0.704. The Hall–Kier alpha value is -1.09. The van der Waals surface area contributed by atoms with E-state index in [1.165, 1.54) is 0 Å². The fourth-order valence-electron chi connectivity index (χ4n) is 1.35. The van der Waals surface area contributed by atoms with Gasteiger partial charge in [0.15, 0.2) is 0 Å². The SMILES string of the molecule is CCOc1ccc2cc(S)[nH]c2c1. The van der Waals surface area contributed by atoms with Gasteiger partial charge in [-0.3, -0.25) is 0 Å². The molecule has 0 aliphatic rings. The van der Waals surface area contributed by atoms with Crippen molar-refractivity contribution in [1.29, 1.82) is 0 Å². The lowest BCUT2D eigenvalue weighted by Gasteiger charge is -2.01. The summed E-state index contributed by atoms with van der Waals surface area (Å²) in [6.45, 7) is 2.67. The van der Waals surface area contributed by atoms with Gasteiger partial charge in [-0.25, -0.2) is 0 Å². The van der Waals surface area contributed by atoms with Crippen molar-refractivity contribution in [3.63, 3.8) is 0 Å². The zero-order valence-electron chi connectivity index (χ0n) is 7.37. The molecule has 0 spiro atoms. The van der Waals surface area contributed by atoms with E-state index in [4.69, 9.17) is 4.74 Å². The normalized spacial score (nSPS) is 10.6. The van der Waals surface area contributed by atoms with E-state index in [0.29, 0.717) is 6.61 Å². The van der Waals surface area contributed by atoms with Crippen molar-refractivity contribution < 1.29 is 4.74 Å². The minimum Gasteiger partial charge on any atom is -0.494 e. The molecule has 0 aliphatic carbocycles. The Labute approximate surface area is 82.3 Å². The molecule has 1 aromatic heterocycles. The average Bonchev–Trinajstić information content (AvgIpc) is 2.44. The Balaban J connectivity index is 2.48. The number of fused-ring (bicyclic) bond motifs is 1. The molecule has 0 saturated carbocycles. The molecule has 0 aliphatic heterocycles. The zero-order chi connectivity index (χ0) is 9.26. The van der Waals surface area contributed by atoms with E-state index in [-0.39, 0.29) is 0 Å². The van der Waals surface area contributed by atoms with Gasteiger partial charge >= 0.3 is 0 Å². The van der Waals surface area contributed by atoms with E-state index in [0.717, 1.165) is 21.7 Å². The molecule has 0 amide bonds. The third-order valence-electron chi connectivity index (χ3n) is 1.89. The maximum Gasteiger partial charge on any atom is 0.121 e. The van der Waals surface area contributed by atoms with Gasteiger partial charge in [-0.05, 0) is 25.1 Å². The Morgan fingerprint density at radius 3 is 3.00 bits per heavy atom. The molecule has 0 bridgehead atoms. The van der Waals surface area contributed by atoms with Crippen molar-refractivity contribution >= 4 is 23.5 Å². The predicted molar refractivity (Wildman–Crippen MR) is 56.7 cm³/mol. The number of aromatic amines is 1. The van der Waals surface area contributed by atoms with Crippen molar-refractivity contribution in [3.05, 3.63) is 24.3 Å². The van der Waals surface area contributed by atoms with Crippen molar-refractivity contribution in [2.45, 2.75) is 11.9 Å². The van der Waals surface area contributed by atoms with E-state index in [9.17, 15) is 0 Å². The van der Waals surface area contributed by atoms with Gasteiger partial charge in [0.05, 0.1) is 11.6 Å². The molecule has 1 N–H and O–H groups in total. The van der Waals surface area contributed by atoms with E-state index < -0.39 is 0 Å². The molecular weight excluding hydrogens is 182 g/mol. The largest absolute Gasteiger partial charge is 0.494 e. The predicted octanol–water partition coefficient (Wildman–Crippen LogP) is 2.86. The van der Waals surface area contributed by atoms with Gasteiger partial charge in [-0.15, -0.1) is 12.6 Å². The summed E-state index contributed by atoms with van der Waals surface area (Å²) in [5.41, 5.74) is 1.07. The number of H-pyrrole nitrogens is 1. The summed E-state index contributed by atoms with van der Waals surface area (Å²) >= 11 is 4.23. The minimum atomic E-state index is 0.694. The summed E-state index contributed by atoms with van der Waals surface area (Å²) in [6.07, 6.45) is 0. The van der Waals surface area contributed by atoms with Gasteiger partial charge in [0.2, 0.25) is 0 Å². The topological polar surface area (TPSA) is 25.0 Å². The fourth-order valence-corrected chi connectivity index (χ4v) is 1.61. The van der Waals surface area contributed by atoms with Crippen LogP contribution in [-0.4, -0.2) is 11.6 Å². The monoisotopic (exact) mass is 193 g/mol. The third kappa shape index (κ3) is 1.65. The van der Waals surface area contributed by atoms with E-state index >= 15 is 0 Å². The van der Waals surface area contributed by atoms with E-state index in [1.54, 1.807) is 0 Å². The lowest BCUT2D eigenvalue weighted by atomic mass is 10.2. The standard InChI is InChI=1S/C10H11NOS/c1-2-12-8-4-3-7-5-10(13)11-9(7)6-8/h3-6,11,13H,2H2,1H3.